The molecule has 0 aliphatic carbocycles. The summed E-state index contributed by atoms with van der Waals surface area (Å²) in [5, 5.41) is 8.96. The summed E-state index contributed by atoms with van der Waals surface area (Å²) < 4.78 is 10.2. The van der Waals surface area contributed by atoms with Gasteiger partial charge in [-0.3, -0.25) is 9.69 Å². The number of nitrogens with zero attached hydrogens (tertiary/aromatic N) is 1. The van der Waals surface area contributed by atoms with Gasteiger partial charge in [0.05, 0.1) is 32.5 Å². The van der Waals surface area contributed by atoms with Gasteiger partial charge in [0.15, 0.2) is 0 Å². The zero-order valence-electron chi connectivity index (χ0n) is 9.31. The van der Waals surface area contributed by atoms with Gasteiger partial charge >= 0.3 is 5.97 Å². The molecule has 0 aromatic carbocycles. The molecule has 5 nitrogen and oxygen atoms in total. The lowest BCUT2D eigenvalue weighted by Gasteiger charge is -2.36. The minimum Gasteiger partial charge on any atom is -0.465 e. The van der Waals surface area contributed by atoms with E-state index in [0.29, 0.717) is 19.8 Å². The molecule has 88 valence electrons. The van der Waals surface area contributed by atoms with E-state index in [1.54, 1.807) is 6.92 Å². The number of rotatable bonds is 4. The second kappa shape index (κ2) is 6.05. The molecule has 15 heavy (non-hydrogen) atoms. The molecule has 0 saturated carbocycles. The molecule has 1 aliphatic rings. The minimum absolute atomic E-state index is 0.00789. The van der Waals surface area contributed by atoms with Crippen molar-refractivity contribution in [3.05, 3.63) is 0 Å². The number of esters is 1. The third-order valence-corrected chi connectivity index (χ3v) is 2.48. The van der Waals surface area contributed by atoms with Gasteiger partial charge in [0.25, 0.3) is 0 Å². The van der Waals surface area contributed by atoms with E-state index >= 15 is 0 Å². The third-order valence-electron chi connectivity index (χ3n) is 2.48. The van der Waals surface area contributed by atoms with E-state index in [1.165, 1.54) is 0 Å². The van der Waals surface area contributed by atoms with Gasteiger partial charge in [-0.1, -0.05) is 0 Å². The quantitative estimate of drug-likeness (QED) is 0.651. The van der Waals surface area contributed by atoms with Gasteiger partial charge in [-0.25, -0.2) is 0 Å². The second-order valence-corrected chi connectivity index (χ2v) is 3.72. The number of hydrogen-bond acceptors (Lipinski definition) is 5. The number of morpholine rings is 1. The smallest absolute Gasteiger partial charge is 0.320 e. The molecule has 1 rings (SSSR count). The Balaban J connectivity index is 2.40. The number of hydrogen-bond donors (Lipinski definition) is 1. The molecular weight excluding hydrogens is 198 g/mol. The van der Waals surface area contributed by atoms with Crippen LogP contribution in [0.2, 0.25) is 0 Å². The molecule has 1 fully saturated rings. The minimum atomic E-state index is -0.220. The van der Waals surface area contributed by atoms with E-state index in [9.17, 15) is 4.79 Å². The Morgan fingerprint density at radius 3 is 3.00 bits per heavy atom. The summed E-state index contributed by atoms with van der Waals surface area (Å²) in [5.74, 6) is -0.220. The van der Waals surface area contributed by atoms with Crippen LogP contribution >= 0.6 is 0 Å². The van der Waals surface area contributed by atoms with Crippen molar-refractivity contribution in [2.24, 2.45) is 0 Å². The van der Waals surface area contributed by atoms with Crippen molar-refractivity contribution in [2.45, 2.75) is 26.0 Å². The lowest BCUT2D eigenvalue weighted by atomic mass is 10.2. The summed E-state index contributed by atoms with van der Waals surface area (Å²) in [4.78, 5) is 13.3. The molecule has 0 radical (unpaired) electrons. The summed E-state index contributed by atoms with van der Waals surface area (Å²) in [5.41, 5.74) is 0. The van der Waals surface area contributed by atoms with Crippen molar-refractivity contribution in [1.82, 2.24) is 4.90 Å². The normalized spacial score (nSPS) is 27.7. The summed E-state index contributed by atoms with van der Waals surface area (Å²) in [6.45, 7) is 5.58. The van der Waals surface area contributed by atoms with Crippen LogP contribution < -0.4 is 0 Å². The first-order chi connectivity index (χ1) is 7.17. The average molecular weight is 217 g/mol. The molecule has 0 bridgehead atoms. The van der Waals surface area contributed by atoms with Gasteiger partial charge in [0.1, 0.15) is 0 Å². The molecule has 1 N–H and O–H groups in total. The monoisotopic (exact) mass is 217 g/mol. The van der Waals surface area contributed by atoms with E-state index in [4.69, 9.17) is 14.6 Å². The zero-order chi connectivity index (χ0) is 11.3. The largest absolute Gasteiger partial charge is 0.465 e. The Morgan fingerprint density at radius 1 is 1.67 bits per heavy atom. The maximum atomic E-state index is 11.3. The molecule has 2 unspecified atom stereocenters. The Labute approximate surface area is 90.0 Å². The van der Waals surface area contributed by atoms with Gasteiger partial charge in [0.2, 0.25) is 0 Å². The Bertz CT molecular complexity index is 210. The van der Waals surface area contributed by atoms with Crippen molar-refractivity contribution in [1.29, 1.82) is 0 Å². The Kier molecular flexibility index (Phi) is 5.01. The first-order valence-electron chi connectivity index (χ1n) is 5.29. The summed E-state index contributed by atoms with van der Waals surface area (Å²) >= 11 is 0. The van der Waals surface area contributed by atoms with Crippen LogP contribution in [-0.2, 0) is 14.3 Å². The van der Waals surface area contributed by atoms with Crippen molar-refractivity contribution in [3.8, 4) is 0 Å². The van der Waals surface area contributed by atoms with E-state index in [1.807, 2.05) is 11.8 Å². The zero-order valence-corrected chi connectivity index (χ0v) is 9.31. The molecule has 0 aromatic rings. The molecule has 1 heterocycles. The molecule has 0 amide bonds. The topological polar surface area (TPSA) is 59.0 Å². The Hall–Kier alpha value is -0.650. The van der Waals surface area contributed by atoms with Crippen molar-refractivity contribution < 1.29 is 19.4 Å². The summed E-state index contributed by atoms with van der Waals surface area (Å²) in [6.07, 6.45) is -0.185. The molecule has 2 atom stereocenters. The van der Waals surface area contributed by atoms with Crippen LogP contribution in [0.1, 0.15) is 13.8 Å². The molecule has 1 saturated heterocycles. The van der Waals surface area contributed by atoms with Gasteiger partial charge in [0, 0.05) is 12.6 Å². The first kappa shape index (κ1) is 12.4. The van der Waals surface area contributed by atoms with Crippen molar-refractivity contribution in [3.63, 3.8) is 0 Å². The number of aliphatic hydroxyl groups excluding tert-OH is 1. The highest BCUT2D eigenvalue weighted by molar-refractivity contribution is 5.71. The van der Waals surface area contributed by atoms with Crippen LogP contribution in [0.25, 0.3) is 0 Å². The maximum Gasteiger partial charge on any atom is 0.320 e. The molecule has 0 aromatic heterocycles. The molecular formula is C10H19NO4. The van der Waals surface area contributed by atoms with E-state index in [0.717, 1.165) is 0 Å². The van der Waals surface area contributed by atoms with Gasteiger partial charge in [-0.15, -0.1) is 0 Å². The van der Waals surface area contributed by atoms with Gasteiger partial charge in [-0.2, -0.15) is 0 Å². The van der Waals surface area contributed by atoms with E-state index < -0.39 is 0 Å². The van der Waals surface area contributed by atoms with Crippen LogP contribution in [0.4, 0.5) is 0 Å². The van der Waals surface area contributed by atoms with Crippen LogP contribution in [0.15, 0.2) is 0 Å². The number of carbonyl (C=O) groups excluding carboxylic acids is 1. The maximum absolute atomic E-state index is 11.3. The lowest BCUT2D eigenvalue weighted by Crippen LogP contribution is -2.51. The summed E-state index contributed by atoms with van der Waals surface area (Å²) in [7, 11) is 0. The molecule has 1 aliphatic heterocycles. The third kappa shape index (κ3) is 3.77. The first-order valence-corrected chi connectivity index (χ1v) is 5.29. The fourth-order valence-electron chi connectivity index (χ4n) is 1.58. The van der Waals surface area contributed by atoms with Crippen LogP contribution in [0.5, 0.6) is 0 Å². The van der Waals surface area contributed by atoms with Crippen LogP contribution in [0.3, 0.4) is 0 Å². The highest BCUT2D eigenvalue weighted by atomic mass is 16.5. The predicted molar refractivity (Wildman–Crippen MR) is 54.5 cm³/mol. The number of carbonyl (C=O) groups is 1. The highest BCUT2D eigenvalue weighted by Crippen LogP contribution is 2.10. The number of ether oxygens (including phenoxy) is 2. The van der Waals surface area contributed by atoms with E-state index in [-0.39, 0.29) is 31.3 Å². The van der Waals surface area contributed by atoms with E-state index in [2.05, 4.69) is 0 Å². The van der Waals surface area contributed by atoms with Crippen LogP contribution in [0, 0.1) is 0 Å². The molecule has 0 spiro atoms. The van der Waals surface area contributed by atoms with Crippen molar-refractivity contribution in [2.75, 3.05) is 32.9 Å². The fraction of sp³-hybridized carbons (Fsp3) is 0.900. The van der Waals surface area contributed by atoms with Gasteiger partial charge < -0.3 is 14.6 Å². The highest BCUT2D eigenvalue weighted by Gasteiger charge is 2.27. The predicted octanol–water partition coefficient (Wildman–Crippen LogP) is -0.369. The van der Waals surface area contributed by atoms with Crippen LogP contribution in [-0.4, -0.2) is 61.0 Å². The Morgan fingerprint density at radius 2 is 2.40 bits per heavy atom. The second-order valence-electron chi connectivity index (χ2n) is 3.72. The standard InChI is InChI=1S/C10H19NO4/c1-3-14-10(13)5-11-4-9(6-12)15-7-8(11)2/h8-9,12H,3-7H2,1-2H3. The SMILES string of the molecule is CCOC(=O)CN1CC(CO)OCC1C. The lowest BCUT2D eigenvalue weighted by molar-refractivity contribution is -0.148. The molecule has 5 heteroatoms. The van der Waals surface area contributed by atoms with Crippen molar-refractivity contribution >= 4 is 5.97 Å². The fourth-order valence-corrected chi connectivity index (χ4v) is 1.58. The van der Waals surface area contributed by atoms with Gasteiger partial charge in [-0.05, 0) is 13.8 Å². The average Bonchev–Trinajstić information content (AvgIpc) is 2.21. The summed E-state index contributed by atoms with van der Waals surface area (Å²) in [6, 6.07) is 0.192. The number of aliphatic hydroxyl groups is 1.